The highest BCUT2D eigenvalue weighted by Crippen LogP contribution is 2.28. The zero-order chi connectivity index (χ0) is 19.6. The maximum absolute atomic E-state index is 4.96. The van der Waals surface area contributed by atoms with E-state index in [2.05, 4.69) is 82.5 Å². The molecule has 0 spiro atoms. The van der Waals surface area contributed by atoms with Gasteiger partial charge in [0.2, 0.25) is 0 Å². The molecule has 0 bridgehead atoms. The Kier molecular flexibility index (Phi) is 5.74. The summed E-state index contributed by atoms with van der Waals surface area (Å²) in [6, 6.07) is 13.3. The van der Waals surface area contributed by atoms with Crippen LogP contribution in [0.2, 0.25) is 0 Å². The molecule has 0 saturated heterocycles. The number of benzene rings is 2. The molecule has 2 heteroatoms. The molecule has 2 nitrogen and oxygen atoms in total. The van der Waals surface area contributed by atoms with Crippen molar-refractivity contribution >= 4 is 11.0 Å². The standard InChI is InChI=1S/C25H34N2/c1-7-8-9-14-24-26-22-12-10-11-13-23(22)27(24)17-21-18(2)15-20(16-19(21)3)25(4,5)6/h10-13,15-16H,7-9,14,17H2,1-6H3. The summed E-state index contributed by atoms with van der Waals surface area (Å²) in [6.45, 7) is 14.5. The first kappa shape index (κ1) is 19.7. The van der Waals surface area contributed by atoms with Gasteiger partial charge in [0.05, 0.1) is 11.0 Å². The third kappa shape index (κ3) is 4.26. The predicted molar refractivity (Wildman–Crippen MR) is 117 cm³/mol. The summed E-state index contributed by atoms with van der Waals surface area (Å²) in [5.41, 5.74) is 8.17. The minimum atomic E-state index is 0.182. The molecule has 0 N–H and O–H groups in total. The number of aryl methyl sites for hydroxylation is 3. The molecule has 0 atom stereocenters. The van der Waals surface area contributed by atoms with Gasteiger partial charge in [0, 0.05) is 13.0 Å². The number of para-hydroxylation sites is 2. The molecule has 0 fully saturated rings. The second-order valence-electron chi connectivity index (χ2n) is 8.90. The molecule has 0 radical (unpaired) electrons. The molecular formula is C25H34N2. The SMILES string of the molecule is CCCCCc1nc2ccccc2n1Cc1c(C)cc(C(C)(C)C)cc1C. The number of fused-ring (bicyclic) bond motifs is 1. The minimum absolute atomic E-state index is 0.182. The quantitative estimate of drug-likeness (QED) is 0.444. The van der Waals surface area contributed by atoms with E-state index in [-0.39, 0.29) is 5.41 Å². The van der Waals surface area contributed by atoms with Gasteiger partial charge in [-0.05, 0) is 60.1 Å². The van der Waals surface area contributed by atoms with Crippen LogP contribution in [0.15, 0.2) is 36.4 Å². The zero-order valence-electron chi connectivity index (χ0n) is 17.9. The Morgan fingerprint density at radius 3 is 2.26 bits per heavy atom. The van der Waals surface area contributed by atoms with E-state index in [0.717, 1.165) is 18.5 Å². The van der Waals surface area contributed by atoms with Gasteiger partial charge in [0.25, 0.3) is 0 Å². The van der Waals surface area contributed by atoms with Crippen molar-refractivity contribution in [1.82, 2.24) is 9.55 Å². The number of nitrogens with zero attached hydrogens (tertiary/aromatic N) is 2. The average molecular weight is 363 g/mol. The monoisotopic (exact) mass is 362 g/mol. The molecule has 3 rings (SSSR count). The topological polar surface area (TPSA) is 17.8 Å². The molecule has 0 saturated carbocycles. The average Bonchev–Trinajstić information content (AvgIpc) is 2.95. The highest BCUT2D eigenvalue weighted by Gasteiger charge is 2.18. The second-order valence-corrected chi connectivity index (χ2v) is 8.90. The van der Waals surface area contributed by atoms with E-state index in [1.807, 2.05) is 0 Å². The van der Waals surface area contributed by atoms with Crippen LogP contribution in [0.4, 0.5) is 0 Å². The van der Waals surface area contributed by atoms with Crippen molar-refractivity contribution < 1.29 is 0 Å². The van der Waals surface area contributed by atoms with E-state index < -0.39 is 0 Å². The van der Waals surface area contributed by atoms with Crippen molar-refractivity contribution in [3.8, 4) is 0 Å². The Balaban J connectivity index is 2.02. The van der Waals surface area contributed by atoms with Crippen LogP contribution in [-0.4, -0.2) is 9.55 Å². The third-order valence-electron chi connectivity index (χ3n) is 5.62. The molecule has 27 heavy (non-hydrogen) atoms. The molecular weight excluding hydrogens is 328 g/mol. The van der Waals surface area contributed by atoms with Crippen molar-refractivity contribution in [1.29, 1.82) is 0 Å². The fourth-order valence-corrected chi connectivity index (χ4v) is 3.86. The zero-order valence-corrected chi connectivity index (χ0v) is 17.9. The van der Waals surface area contributed by atoms with E-state index >= 15 is 0 Å². The third-order valence-corrected chi connectivity index (χ3v) is 5.62. The fraction of sp³-hybridized carbons (Fsp3) is 0.480. The predicted octanol–water partition coefficient (Wildman–Crippen LogP) is 6.73. The molecule has 2 aromatic carbocycles. The lowest BCUT2D eigenvalue weighted by Crippen LogP contribution is -2.14. The number of aromatic nitrogens is 2. The Bertz CT molecular complexity index is 902. The number of unbranched alkanes of at least 4 members (excludes halogenated alkanes) is 2. The maximum Gasteiger partial charge on any atom is 0.110 e. The molecule has 0 aliphatic rings. The van der Waals surface area contributed by atoms with Gasteiger partial charge in [-0.1, -0.05) is 64.8 Å². The van der Waals surface area contributed by atoms with Gasteiger partial charge in [0.1, 0.15) is 5.82 Å². The summed E-state index contributed by atoms with van der Waals surface area (Å²) in [6.07, 6.45) is 4.77. The van der Waals surface area contributed by atoms with Crippen LogP contribution in [0.3, 0.4) is 0 Å². The molecule has 1 heterocycles. The molecule has 0 aliphatic carbocycles. The summed E-state index contributed by atoms with van der Waals surface area (Å²) in [4.78, 5) is 4.96. The van der Waals surface area contributed by atoms with Crippen LogP contribution in [0.25, 0.3) is 11.0 Å². The van der Waals surface area contributed by atoms with Crippen molar-refractivity contribution in [3.63, 3.8) is 0 Å². The summed E-state index contributed by atoms with van der Waals surface area (Å²) >= 11 is 0. The molecule has 3 aromatic rings. The number of hydrogen-bond acceptors (Lipinski definition) is 1. The Labute approximate surface area is 164 Å². The van der Waals surface area contributed by atoms with Crippen molar-refractivity contribution in [2.24, 2.45) is 0 Å². The van der Waals surface area contributed by atoms with Crippen molar-refractivity contribution in [3.05, 3.63) is 64.5 Å². The minimum Gasteiger partial charge on any atom is -0.323 e. The van der Waals surface area contributed by atoms with E-state index in [0.29, 0.717) is 0 Å². The highest BCUT2D eigenvalue weighted by atomic mass is 15.1. The van der Waals surface area contributed by atoms with Gasteiger partial charge in [-0.15, -0.1) is 0 Å². The van der Waals surface area contributed by atoms with Gasteiger partial charge in [-0.3, -0.25) is 0 Å². The van der Waals surface area contributed by atoms with E-state index in [1.165, 1.54) is 52.9 Å². The summed E-state index contributed by atoms with van der Waals surface area (Å²) in [5, 5.41) is 0. The molecule has 0 unspecified atom stereocenters. The van der Waals surface area contributed by atoms with Crippen LogP contribution in [0.5, 0.6) is 0 Å². The lowest BCUT2D eigenvalue weighted by atomic mass is 9.84. The van der Waals surface area contributed by atoms with E-state index in [9.17, 15) is 0 Å². The van der Waals surface area contributed by atoms with Crippen molar-refractivity contribution in [2.45, 2.75) is 79.2 Å². The first-order valence-electron chi connectivity index (χ1n) is 10.4. The van der Waals surface area contributed by atoms with Crippen LogP contribution in [-0.2, 0) is 18.4 Å². The highest BCUT2D eigenvalue weighted by molar-refractivity contribution is 5.76. The molecule has 0 aliphatic heterocycles. The Morgan fingerprint density at radius 2 is 1.63 bits per heavy atom. The largest absolute Gasteiger partial charge is 0.323 e. The summed E-state index contributed by atoms with van der Waals surface area (Å²) < 4.78 is 2.44. The van der Waals surface area contributed by atoms with Gasteiger partial charge < -0.3 is 4.57 Å². The van der Waals surface area contributed by atoms with Gasteiger partial charge in [-0.2, -0.15) is 0 Å². The Hall–Kier alpha value is -2.09. The fourth-order valence-electron chi connectivity index (χ4n) is 3.86. The number of imidazole rings is 1. The van der Waals surface area contributed by atoms with Crippen LogP contribution >= 0.6 is 0 Å². The van der Waals surface area contributed by atoms with Gasteiger partial charge >= 0.3 is 0 Å². The summed E-state index contributed by atoms with van der Waals surface area (Å²) in [5.74, 6) is 1.23. The van der Waals surface area contributed by atoms with Crippen LogP contribution in [0.1, 0.15) is 75.0 Å². The van der Waals surface area contributed by atoms with Crippen molar-refractivity contribution in [2.75, 3.05) is 0 Å². The number of rotatable bonds is 6. The normalized spacial score (nSPS) is 12.1. The van der Waals surface area contributed by atoms with Gasteiger partial charge in [-0.25, -0.2) is 4.98 Å². The molecule has 0 amide bonds. The molecule has 144 valence electrons. The van der Waals surface area contributed by atoms with Crippen LogP contribution in [0, 0.1) is 13.8 Å². The number of hydrogen-bond donors (Lipinski definition) is 0. The van der Waals surface area contributed by atoms with Gasteiger partial charge in [0.15, 0.2) is 0 Å². The second kappa shape index (κ2) is 7.88. The molecule has 1 aromatic heterocycles. The first-order chi connectivity index (χ1) is 12.8. The lowest BCUT2D eigenvalue weighted by molar-refractivity contribution is 0.588. The first-order valence-corrected chi connectivity index (χ1v) is 10.4. The van der Waals surface area contributed by atoms with E-state index in [4.69, 9.17) is 4.98 Å². The summed E-state index contributed by atoms with van der Waals surface area (Å²) in [7, 11) is 0. The smallest absolute Gasteiger partial charge is 0.110 e. The van der Waals surface area contributed by atoms with E-state index in [1.54, 1.807) is 0 Å². The Morgan fingerprint density at radius 1 is 0.963 bits per heavy atom. The maximum atomic E-state index is 4.96. The lowest BCUT2D eigenvalue weighted by Gasteiger charge is -2.23. The van der Waals surface area contributed by atoms with Crippen LogP contribution < -0.4 is 0 Å².